The maximum absolute atomic E-state index is 3.64. The van der Waals surface area contributed by atoms with E-state index in [1.165, 1.54) is 25.1 Å². The number of nitrogens with one attached hydrogen (secondary N) is 1. The first-order valence-corrected chi connectivity index (χ1v) is 7.95. The first-order valence-electron chi connectivity index (χ1n) is 7.95. The molecule has 2 atom stereocenters. The van der Waals surface area contributed by atoms with Crippen molar-refractivity contribution in [3.8, 4) is 0 Å². The summed E-state index contributed by atoms with van der Waals surface area (Å²) in [6, 6.07) is 12.1. The van der Waals surface area contributed by atoms with Crippen LogP contribution in [0.4, 0.5) is 0 Å². The second-order valence-electron chi connectivity index (χ2n) is 7.46. The first kappa shape index (κ1) is 15.5. The average molecular weight is 274 g/mol. The quantitative estimate of drug-likeness (QED) is 0.906. The molecule has 1 aliphatic heterocycles. The Hall–Kier alpha value is -0.860. The Morgan fingerprint density at radius 1 is 1.20 bits per heavy atom. The molecule has 0 bridgehead atoms. The zero-order valence-corrected chi connectivity index (χ0v) is 13.5. The van der Waals surface area contributed by atoms with Crippen LogP contribution in [0.5, 0.6) is 0 Å². The van der Waals surface area contributed by atoms with E-state index in [1.807, 2.05) is 0 Å². The van der Waals surface area contributed by atoms with E-state index in [4.69, 9.17) is 0 Å². The van der Waals surface area contributed by atoms with Crippen molar-refractivity contribution in [2.45, 2.75) is 52.6 Å². The molecule has 2 nitrogen and oxygen atoms in total. The zero-order valence-electron chi connectivity index (χ0n) is 13.5. The van der Waals surface area contributed by atoms with Gasteiger partial charge < -0.3 is 5.32 Å². The van der Waals surface area contributed by atoms with E-state index >= 15 is 0 Å². The van der Waals surface area contributed by atoms with Gasteiger partial charge in [0.25, 0.3) is 0 Å². The molecule has 0 aromatic heterocycles. The van der Waals surface area contributed by atoms with Crippen LogP contribution in [0.3, 0.4) is 0 Å². The molecule has 1 aromatic rings. The van der Waals surface area contributed by atoms with Gasteiger partial charge in [0.05, 0.1) is 0 Å². The van der Waals surface area contributed by atoms with Gasteiger partial charge in [-0.25, -0.2) is 0 Å². The largest absolute Gasteiger partial charge is 0.311 e. The Morgan fingerprint density at radius 3 is 2.55 bits per heavy atom. The Labute approximate surface area is 124 Å². The maximum Gasteiger partial charge on any atom is 0.0261 e. The normalized spacial score (nSPS) is 24.8. The van der Waals surface area contributed by atoms with E-state index in [0.717, 1.165) is 13.0 Å². The molecule has 0 spiro atoms. The van der Waals surface area contributed by atoms with Gasteiger partial charge in [0.2, 0.25) is 0 Å². The summed E-state index contributed by atoms with van der Waals surface area (Å²) in [6.45, 7) is 12.8. The SMILES string of the molecule is CC1CN(CCC(C)(C)C)C(Cc2ccccc2)CN1. The van der Waals surface area contributed by atoms with Gasteiger partial charge in [0, 0.05) is 25.2 Å². The molecule has 0 amide bonds. The molecular formula is C18H30N2. The molecule has 2 heteroatoms. The minimum Gasteiger partial charge on any atom is -0.311 e. The molecule has 20 heavy (non-hydrogen) atoms. The predicted octanol–water partition coefficient (Wildman–Crippen LogP) is 3.33. The van der Waals surface area contributed by atoms with Crippen molar-refractivity contribution < 1.29 is 0 Å². The molecule has 2 unspecified atom stereocenters. The molecule has 112 valence electrons. The van der Waals surface area contributed by atoms with Crippen LogP contribution in [-0.2, 0) is 6.42 Å². The number of piperazine rings is 1. The number of rotatable bonds is 4. The van der Waals surface area contributed by atoms with Crippen molar-refractivity contribution >= 4 is 0 Å². The lowest BCUT2D eigenvalue weighted by Gasteiger charge is -2.40. The number of benzene rings is 1. The summed E-state index contributed by atoms with van der Waals surface area (Å²) >= 11 is 0. The highest BCUT2D eigenvalue weighted by Gasteiger charge is 2.26. The number of nitrogens with zero attached hydrogens (tertiary/aromatic N) is 1. The Morgan fingerprint density at radius 2 is 1.90 bits per heavy atom. The van der Waals surface area contributed by atoms with Gasteiger partial charge in [-0.05, 0) is 37.3 Å². The highest BCUT2D eigenvalue weighted by Crippen LogP contribution is 2.21. The minimum atomic E-state index is 0.422. The van der Waals surface area contributed by atoms with E-state index in [9.17, 15) is 0 Å². The van der Waals surface area contributed by atoms with Crippen molar-refractivity contribution in [3.05, 3.63) is 35.9 Å². The van der Waals surface area contributed by atoms with Gasteiger partial charge in [0.15, 0.2) is 0 Å². The fraction of sp³-hybridized carbons (Fsp3) is 0.667. The Bertz CT molecular complexity index is 394. The minimum absolute atomic E-state index is 0.422. The fourth-order valence-electron chi connectivity index (χ4n) is 2.87. The fourth-order valence-corrected chi connectivity index (χ4v) is 2.87. The first-order chi connectivity index (χ1) is 9.44. The van der Waals surface area contributed by atoms with E-state index < -0.39 is 0 Å². The summed E-state index contributed by atoms with van der Waals surface area (Å²) in [4.78, 5) is 2.69. The molecule has 0 aliphatic carbocycles. The Kier molecular flexibility index (Phi) is 5.22. The summed E-state index contributed by atoms with van der Waals surface area (Å²) < 4.78 is 0. The summed E-state index contributed by atoms with van der Waals surface area (Å²) in [5.74, 6) is 0. The third-order valence-corrected chi connectivity index (χ3v) is 4.19. The molecular weight excluding hydrogens is 244 g/mol. The smallest absolute Gasteiger partial charge is 0.0261 e. The van der Waals surface area contributed by atoms with Crippen molar-refractivity contribution in [1.82, 2.24) is 10.2 Å². The van der Waals surface area contributed by atoms with Gasteiger partial charge in [0.1, 0.15) is 0 Å². The summed E-state index contributed by atoms with van der Waals surface area (Å²) in [5, 5.41) is 3.64. The standard InChI is InChI=1S/C18H30N2/c1-15-14-20(11-10-18(2,3)4)17(13-19-15)12-16-8-6-5-7-9-16/h5-9,15,17,19H,10-14H2,1-4H3. The van der Waals surface area contributed by atoms with E-state index in [1.54, 1.807) is 0 Å². The molecule has 0 radical (unpaired) electrons. The molecule has 1 fully saturated rings. The van der Waals surface area contributed by atoms with Gasteiger partial charge >= 0.3 is 0 Å². The lowest BCUT2D eigenvalue weighted by molar-refractivity contribution is 0.118. The molecule has 1 aliphatic rings. The van der Waals surface area contributed by atoms with E-state index in [-0.39, 0.29) is 0 Å². The maximum atomic E-state index is 3.64. The summed E-state index contributed by atoms with van der Waals surface area (Å²) in [7, 11) is 0. The van der Waals surface area contributed by atoms with E-state index in [2.05, 4.69) is 68.2 Å². The van der Waals surface area contributed by atoms with Crippen molar-refractivity contribution in [1.29, 1.82) is 0 Å². The molecule has 1 N–H and O–H groups in total. The monoisotopic (exact) mass is 274 g/mol. The van der Waals surface area contributed by atoms with Crippen LogP contribution in [0.2, 0.25) is 0 Å². The third kappa shape index (κ3) is 4.92. The van der Waals surface area contributed by atoms with Crippen LogP contribution < -0.4 is 5.32 Å². The molecule has 2 rings (SSSR count). The second-order valence-corrected chi connectivity index (χ2v) is 7.46. The lowest BCUT2D eigenvalue weighted by atomic mass is 9.91. The highest BCUT2D eigenvalue weighted by atomic mass is 15.2. The second kappa shape index (κ2) is 6.73. The Balaban J connectivity index is 1.97. The van der Waals surface area contributed by atoms with Gasteiger partial charge in [-0.15, -0.1) is 0 Å². The summed E-state index contributed by atoms with van der Waals surface area (Å²) in [5.41, 5.74) is 1.88. The molecule has 1 aromatic carbocycles. The van der Waals surface area contributed by atoms with Crippen LogP contribution in [0.25, 0.3) is 0 Å². The number of hydrogen-bond acceptors (Lipinski definition) is 2. The molecule has 1 saturated heterocycles. The van der Waals surface area contributed by atoms with Gasteiger partial charge in [-0.1, -0.05) is 51.1 Å². The van der Waals surface area contributed by atoms with Crippen molar-refractivity contribution in [2.24, 2.45) is 5.41 Å². The topological polar surface area (TPSA) is 15.3 Å². The van der Waals surface area contributed by atoms with Gasteiger partial charge in [-0.2, -0.15) is 0 Å². The van der Waals surface area contributed by atoms with Gasteiger partial charge in [-0.3, -0.25) is 4.90 Å². The van der Waals surface area contributed by atoms with Crippen LogP contribution in [-0.4, -0.2) is 36.6 Å². The van der Waals surface area contributed by atoms with E-state index in [0.29, 0.717) is 17.5 Å². The average Bonchev–Trinajstić information content (AvgIpc) is 2.39. The third-order valence-electron chi connectivity index (χ3n) is 4.19. The van der Waals surface area contributed by atoms with Crippen LogP contribution >= 0.6 is 0 Å². The van der Waals surface area contributed by atoms with Crippen LogP contribution in [0, 0.1) is 5.41 Å². The summed E-state index contributed by atoms with van der Waals surface area (Å²) in [6.07, 6.45) is 2.43. The zero-order chi connectivity index (χ0) is 14.6. The number of hydrogen-bond donors (Lipinski definition) is 1. The molecule has 1 heterocycles. The lowest BCUT2D eigenvalue weighted by Crippen LogP contribution is -2.56. The van der Waals surface area contributed by atoms with Crippen LogP contribution in [0.1, 0.15) is 39.7 Å². The highest BCUT2D eigenvalue weighted by molar-refractivity contribution is 5.16. The van der Waals surface area contributed by atoms with Crippen molar-refractivity contribution in [2.75, 3.05) is 19.6 Å². The predicted molar refractivity (Wildman–Crippen MR) is 87.0 cm³/mol. The van der Waals surface area contributed by atoms with Crippen molar-refractivity contribution in [3.63, 3.8) is 0 Å². The molecule has 0 saturated carbocycles. The van der Waals surface area contributed by atoms with Crippen LogP contribution in [0.15, 0.2) is 30.3 Å².